The maximum atomic E-state index is 12.0. The van der Waals surface area contributed by atoms with Gasteiger partial charge in [0.15, 0.2) is 5.82 Å². The number of rotatable bonds is 6. The highest BCUT2D eigenvalue weighted by Crippen LogP contribution is 2.25. The van der Waals surface area contributed by atoms with Crippen molar-refractivity contribution in [3.63, 3.8) is 0 Å². The maximum Gasteiger partial charge on any atom is 0.412 e. The first kappa shape index (κ1) is 21.1. The van der Waals surface area contributed by atoms with Gasteiger partial charge in [-0.15, -0.1) is 0 Å². The third-order valence-electron chi connectivity index (χ3n) is 4.01. The lowest BCUT2D eigenvalue weighted by Gasteiger charge is -2.20. The van der Waals surface area contributed by atoms with Crippen LogP contribution in [0.15, 0.2) is 60.8 Å². The average Bonchev–Trinajstić information content (AvgIpc) is 2.67. The second-order valence-corrected chi connectivity index (χ2v) is 7.85. The van der Waals surface area contributed by atoms with Gasteiger partial charge in [-0.3, -0.25) is 5.32 Å². The van der Waals surface area contributed by atoms with E-state index in [-0.39, 0.29) is 0 Å². The summed E-state index contributed by atoms with van der Waals surface area (Å²) in [5, 5.41) is 9.43. The van der Waals surface area contributed by atoms with E-state index in [0.29, 0.717) is 23.9 Å². The minimum Gasteiger partial charge on any atom is -0.444 e. The fraction of sp³-hybridized carbons (Fsp3) is 0.261. The van der Waals surface area contributed by atoms with Crippen LogP contribution in [0.3, 0.4) is 0 Å². The lowest BCUT2D eigenvalue weighted by Crippen LogP contribution is -2.27. The van der Waals surface area contributed by atoms with Crippen molar-refractivity contribution in [1.82, 2.24) is 9.97 Å². The van der Waals surface area contributed by atoms with Gasteiger partial charge >= 0.3 is 6.09 Å². The second-order valence-electron chi connectivity index (χ2n) is 7.85. The average molecular weight is 406 g/mol. The zero-order chi connectivity index (χ0) is 21.6. The molecule has 3 N–H and O–H groups in total. The molecule has 0 atom stereocenters. The molecule has 0 aliphatic rings. The molecular weight excluding hydrogens is 378 g/mol. The zero-order valence-corrected chi connectivity index (χ0v) is 17.7. The topological polar surface area (TPSA) is 88.2 Å². The summed E-state index contributed by atoms with van der Waals surface area (Å²) in [4.78, 5) is 20.9. The molecule has 0 aliphatic carbocycles. The van der Waals surface area contributed by atoms with Crippen LogP contribution < -0.4 is 16.0 Å². The lowest BCUT2D eigenvalue weighted by atomic mass is 10.2. The van der Waals surface area contributed by atoms with E-state index in [4.69, 9.17) is 4.74 Å². The Balaban J connectivity index is 1.72. The molecule has 1 amide bonds. The number of nitrogens with zero attached hydrogens (tertiary/aromatic N) is 2. The molecule has 0 saturated heterocycles. The van der Waals surface area contributed by atoms with Crippen LogP contribution in [-0.2, 0) is 11.3 Å². The predicted octanol–water partition coefficient (Wildman–Crippen LogP) is 5.49. The number of aryl methyl sites for hydroxylation is 1. The van der Waals surface area contributed by atoms with E-state index in [1.165, 1.54) is 0 Å². The number of hydrogen-bond acceptors (Lipinski definition) is 6. The van der Waals surface area contributed by atoms with Crippen molar-refractivity contribution in [3.05, 3.63) is 72.2 Å². The van der Waals surface area contributed by atoms with E-state index in [1.807, 2.05) is 64.1 Å². The van der Waals surface area contributed by atoms with Crippen molar-refractivity contribution in [1.29, 1.82) is 0 Å². The van der Waals surface area contributed by atoms with Crippen LogP contribution in [0, 0.1) is 6.92 Å². The molecule has 3 aromatic rings. The highest BCUT2D eigenvalue weighted by atomic mass is 16.6. The Morgan fingerprint density at radius 1 is 1.03 bits per heavy atom. The third-order valence-corrected chi connectivity index (χ3v) is 4.01. The Morgan fingerprint density at radius 2 is 1.77 bits per heavy atom. The molecule has 0 fully saturated rings. The normalized spacial score (nSPS) is 10.9. The number of ether oxygens (including phenoxy) is 1. The molecule has 0 bridgehead atoms. The Hall–Kier alpha value is -3.61. The van der Waals surface area contributed by atoms with Gasteiger partial charge in [0.05, 0.1) is 11.9 Å². The first-order valence-electron chi connectivity index (χ1n) is 9.77. The van der Waals surface area contributed by atoms with Gasteiger partial charge in [-0.25, -0.2) is 14.8 Å². The fourth-order valence-corrected chi connectivity index (χ4v) is 2.72. The van der Waals surface area contributed by atoms with Crippen LogP contribution in [0.4, 0.5) is 27.7 Å². The summed E-state index contributed by atoms with van der Waals surface area (Å²) >= 11 is 0. The van der Waals surface area contributed by atoms with Crippen molar-refractivity contribution < 1.29 is 9.53 Å². The van der Waals surface area contributed by atoms with Gasteiger partial charge in [0.2, 0.25) is 0 Å². The molecule has 7 nitrogen and oxygen atoms in total. The van der Waals surface area contributed by atoms with Crippen molar-refractivity contribution in [2.45, 2.75) is 39.8 Å². The molecule has 0 spiro atoms. The first-order chi connectivity index (χ1) is 14.3. The first-order valence-corrected chi connectivity index (χ1v) is 9.77. The summed E-state index contributed by atoms with van der Waals surface area (Å²) in [5.74, 6) is 1.32. The highest BCUT2D eigenvalue weighted by Gasteiger charge is 2.16. The van der Waals surface area contributed by atoms with Crippen LogP contribution in [0.25, 0.3) is 0 Å². The van der Waals surface area contributed by atoms with Gasteiger partial charge in [-0.05, 0) is 51.5 Å². The molecule has 156 valence electrons. The van der Waals surface area contributed by atoms with Gasteiger partial charge in [0, 0.05) is 17.9 Å². The van der Waals surface area contributed by atoms with Crippen LogP contribution >= 0.6 is 0 Å². The number of aromatic nitrogens is 2. The van der Waals surface area contributed by atoms with Gasteiger partial charge < -0.3 is 15.4 Å². The van der Waals surface area contributed by atoms with E-state index in [2.05, 4.69) is 38.1 Å². The number of benzene rings is 2. The van der Waals surface area contributed by atoms with Crippen LogP contribution in [-0.4, -0.2) is 21.7 Å². The number of hydrogen-bond donors (Lipinski definition) is 3. The minimum absolute atomic E-state index is 0.497. The SMILES string of the molecule is Cc1ncc(NCc2ccccc2)c(Nc2cccc(NC(=O)OC(C)(C)C)c2)n1. The largest absolute Gasteiger partial charge is 0.444 e. The zero-order valence-electron chi connectivity index (χ0n) is 17.7. The van der Waals surface area contributed by atoms with Crippen molar-refractivity contribution >= 4 is 29.0 Å². The third kappa shape index (κ3) is 6.48. The molecule has 0 aliphatic heterocycles. The van der Waals surface area contributed by atoms with Gasteiger partial charge in [-0.1, -0.05) is 36.4 Å². The Bertz CT molecular complexity index is 1000. The van der Waals surface area contributed by atoms with Gasteiger partial charge in [0.25, 0.3) is 0 Å². The molecule has 0 saturated carbocycles. The lowest BCUT2D eigenvalue weighted by molar-refractivity contribution is 0.0636. The molecule has 3 rings (SSSR count). The van der Waals surface area contributed by atoms with Gasteiger partial charge in [-0.2, -0.15) is 0 Å². The van der Waals surface area contributed by atoms with E-state index in [1.54, 1.807) is 12.3 Å². The van der Waals surface area contributed by atoms with E-state index < -0.39 is 11.7 Å². The summed E-state index contributed by atoms with van der Waals surface area (Å²) in [6.07, 6.45) is 1.26. The smallest absolute Gasteiger partial charge is 0.412 e. The molecule has 1 aromatic heterocycles. The van der Waals surface area contributed by atoms with Gasteiger partial charge in [0.1, 0.15) is 11.4 Å². The van der Waals surface area contributed by atoms with Crippen LogP contribution in [0.2, 0.25) is 0 Å². The number of nitrogens with one attached hydrogen (secondary N) is 3. The highest BCUT2D eigenvalue weighted by molar-refractivity contribution is 5.86. The van der Waals surface area contributed by atoms with E-state index >= 15 is 0 Å². The number of carbonyl (C=O) groups excluding carboxylic acids is 1. The number of amides is 1. The summed E-state index contributed by atoms with van der Waals surface area (Å²) in [5.41, 5.74) is 2.79. The summed E-state index contributed by atoms with van der Waals surface area (Å²) in [7, 11) is 0. The molecule has 1 heterocycles. The Labute approximate surface area is 176 Å². The Kier molecular flexibility index (Phi) is 6.51. The van der Waals surface area contributed by atoms with Crippen molar-refractivity contribution in [2.24, 2.45) is 0 Å². The van der Waals surface area contributed by atoms with Crippen molar-refractivity contribution in [2.75, 3.05) is 16.0 Å². The van der Waals surface area contributed by atoms with E-state index in [9.17, 15) is 4.79 Å². The predicted molar refractivity (Wildman–Crippen MR) is 120 cm³/mol. The van der Waals surface area contributed by atoms with Crippen LogP contribution in [0.1, 0.15) is 32.2 Å². The number of anilines is 4. The summed E-state index contributed by atoms with van der Waals surface area (Å²) < 4.78 is 5.31. The molecule has 2 aromatic carbocycles. The molecule has 7 heteroatoms. The summed E-state index contributed by atoms with van der Waals surface area (Å²) in [6.45, 7) is 7.97. The van der Waals surface area contributed by atoms with Crippen LogP contribution in [0.5, 0.6) is 0 Å². The Morgan fingerprint density at radius 3 is 2.50 bits per heavy atom. The van der Waals surface area contributed by atoms with E-state index in [0.717, 1.165) is 16.9 Å². The molecular formula is C23H27N5O2. The quantitative estimate of drug-likeness (QED) is 0.503. The maximum absolute atomic E-state index is 12.0. The molecule has 0 radical (unpaired) electrons. The minimum atomic E-state index is -0.558. The molecule has 30 heavy (non-hydrogen) atoms. The monoisotopic (exact) mass is 405 g/mol. The fourth-order valence-electron chi connectivity index (χ4n) is 2.72. The second kappa shape index (κ2) is 9.26. The summed E-state index contributed by atoms with van der Waals surface area (Å²) in [6, 6.07) is 17.5. The van der Waals surface area contributed by atoms with Crippen molar-refractivity contribution in [3.8, 4) is 0 Å². The standard InChI is InChI=1S/C23H27N5O2/c1-16-24-15-20(25-14-17-9-6-5-7-10-17)21(26-16)27-18-11-8-12-19(13-18)28-22(29)30-23(2,3)4/h5-13,15,25H,14H2,1-4H3,(H,28,29)(H,24,26,27). The molecule has 0 unspecified atom stereocenters. The number of carbonyl (C=O) groups is 1.